The van der Waals surface area contributed by atoms with Crippen LogP contribution in [0.2, 0.25) is 0 Å². The summed E-state index contributed by atoms with van der Waals surface area (Å²) in [7, 11) is 0. The Hall–Kier alpha value is -1.35. The molecule has 1 aliphatic heterocycles. The van der Waals surface area contributed by atoms with Crippen molar-refractivity contribution in [3.8, 4) is 0 Å². The Morgan fingerprint density at radius 2 is 2.00 bits per heavy atom. The fourth-order valence-corrected chi connectivity index (χ4v) is 1.64. The maximum Gasteiger partial charge on any atom is 0.241 e. The number of carbonyl (C=O) groups is 1. The van der Waals surface area contributed by atoms with Crippen LogP contribution in [0.4, 0.5) is 5.69 Å². The Bertz CT molecular complexity index is 335. The van der Waals surface area contributed by atoms with Crippen molar-refractivity contribution in [2.45, 2.75) is 19.3 Å². The monoisotopic (exact) mass is 176 g/mol. The molecule has 1 aliphatic rings. The van der Waals surface area contributed by atoms with Crippen LogP contribution in [0.1, 0.15) is 18.4 Å². The number of para-hydroxylation sites is 1. The zero-order valence-electron chi connectivity index (χ0n) is 7.36. The highest BCUT2D eigenvalue weighted by molar-refractivity contribution is 5.93. The number of hydrazine groups is 1. The Morgan fingerprint density at radius 1 is 1.23 bits per heavy atom. The van der Waals surface area contributed by atoms with Crippen LogP contribution in [0.25, 0.3) is 0 Å². The van der Waals surface area contributed by atoms with Gasteiger partial charge >= 0.3 is 0 Å². The number of nitrogens with two attached hydrogens (primary N) is 1. The van der Waals surface area contributed by atoms with Crippen molar-refractivity contribution in [1.82, 2.24) is 0 Å². The van der Waals surface area contributed by atoms with Crippen LogP contribution in [0.15, 0.2) is 24.3 Å². The van der Waals surface area contributed by atoms with Gasteiger partial charge in [-0.1, -0.05) is 18.2 Å². The van der Waals surface area contributed by atoms with E-state index < -0.39 is 0 Å². The van der Waals surface area contributed by atoms with Crippen LogP contribution in [-0.4, -0.2) is 5.91 Å². The van der Waals surface area contributed by atoms with Gasteiger partial charge in [0.15, 0.2) is 0 Å². The van der Waals surface area contributed by atoms with E-state index in [9.17, 15) is 4.79 Å². The first-order chi connectivity index (χ1) is 6.29. The molecule has 0 saturated carbocycles. The molecule has 0 bridgehead atoms. The van der Waals surface area contributed by atoms with Gasteiger partial charge in [-0.25, -0.2) is 10.9 Å². The molecule has 0 aliphatic carbocycles. The lowest BCUT2D eigenvalue weighted by Crippen LogP contribution is -2.36. The van der Waals surface area contributed by atoms with Crippen molar-refractivity contribution in [3.05, 3.63) is 29.8 Å². The lowest BCUT2D eigenvalue weighted by Gasteiger charge is -2.15. The largest absolute Gasteiger partial charge is 0.273 e. The molecule has 0 spiro atoms. The Labute approximate surface area is 77.1 Å². The minimum atomic E-state index is 0.00458. The summed E-state index contributed by atoms with van der Waals surface area (Å²) < 4.78 is 0. The van der Waals surface area contributed by atoms with E-state index in [4.69, 9.17) is 5.84 Å². The van der Waals surface area contributed by atoms with Gasteiger partial charge in [-0.15, -0.1) is 0 Å². The highest BCUT2D eigenvalue weighted by atomic mass is 16.2. The fraction of sp³-hybridized carbons (Fsp3) is 0.300. The highest BCUT2D eigenvalue weighted by Gasteiger charge is 2.18. The van der Waals surface area contributed by atoms with Crippen LogP contribution in [0.5, 0.6) is 0 Å². The molecule has 0 unspecified atom stereocenters. The normalized spacial score (nSPS) is 16.7. The van der Waals surface area contributed by atoms with E-state index in [-0.39, 0.29) is 5.91 Å². The predicted octanol–water partition coefficient (Wildman–Crippen LogP) is 1.23. The molecule has 0 aromatic heterocycles. The van der Waals surface area contributed by atoms with Gasteiger partial charge in [0.25, 0.3) is 0 Å². The Morgan fingerprint density at radius 3 is 2.85 bits per heavy atom. The van der Waals surface area contributed by atoms with E-state index in [1.807, 2.05) is 24.3 Å². The number of aryl methyl sites for hydroxylation is 1. The van der Waals surface area contributed by atoms with Crippen molar-refractivity contribution in [2.24, 2.45) is 5.84 Å². The number of nitrogens with zero attached hydrogens (tertiary/aromatic N) is 1. The number of benzene rings is 1. The van der Waals surface area contributed by atoms with Crippen LogP contribution in [0.3, 0.4) is 0 Å². The van der Waals surface area contributed by atoms with Crippen LogP contribution < -0.4 is 10.9 Å². The summed E-state index contributed by atoms with van der Waals surface area (Å²) in [6.07, 6.45) is 2.38. The molecule has 3 nitrogen and oxygen atoms in total. The fourth-order valence-electron chi connectivity index (χ4n) is 1.64. The van der Waals surface area contributed by atoms with Gasteiger partial charge in [0, 0.05) is 6.42 Å². The molecule has 1 heterocycles. The molecule has 13 heavy (non-hydrogen) atoms. The van der Waals surface area contributed by atoms with E-state index in [0.29, 0.717) is 6.42 Å². The van der Waals surface area contributed by atoms with Gasteiger partial charge in [0.2, 0.25) is 5.91 Å². The number of hydrogen-bond acceptors (Lipinski definition) is 2. The van der Waals surface area contributed by atoms with Gasteiger partial charge in [-0.2, -0.15) is 0 Å². The summed E-state index contributed by atoms with van der Waals surface area (Å²) in [6.45, 7) is 0. The second-order valence-corrected chi connectivity index (χ2v) is 3.25. The average Bonchev–Trinajstić information content (AvgIpc) is 2.29. The van der Waals surface area contributed by atoms with Crippen LogP contribution >= 0.6 is 0 Å². The van der Waals surface area contributed by atoms with E-state index in [1.54, 1.807) is 0 Å². The molecule has 68 valence electrons. The topological polar surface area (TPSA) is 46.3 Å². The minimum Gasteiger partial charge on any atom is -0.273 e. The first kappa shape index (κ1) is 8.26. The third-order valence-electron chi connectivity index (χ3n) is 2.36. The predicted molar refractivity (Wildman–Crippen MR) is 51.1 cm³/mol. The van der Waals surface area contributed by atoms with E-state index >= 15 is 0 Å². The van der Waals surface area contributed by atoms with Crippen molar-refractivity contribution in [3.63, 3.8) is 0 Å². The van der Waals surface area contributed by atoms with Crippen molar-refractivity contribution in [1.29, 1.82) is 0 Å². The standard InChI is InChI=1S/C10H12N2O/c11-12-9-6-2-1-4-8(9)5-3-7-10(12)13/h1-2,4,6H,3,5,7,11H2. The molecular formula is C10H12N2O. The van der Waals surface area contributed by atoms with Crippen molar-refractivity contribution >= 4 is 11.6 Å². The molecule has 2 rings (SSSR count). The summed E-state index contributed by atoms with van der Waals surface area (Å²) in [5, 5.41) is 1.27. The molecular weight excluding hydrogens is 164 g/mol. The molecule has 1 aromatic carbocycles. The average molecular weight is 176 g/mol. The summed E-state index contributed by atoms with van der Waals surface area (Å²) >= 11 is 0. The smallest absolute Gasteiger partial charge is 0.241 e. The van der Waals surface area contributed by atoms with Gasteiger partial charge in [-0.05, 0) is 24.5 Å². The number of rotatable bonds is 0. The van der Waals surface area contributed by atoms with Crippen LogP contribution in [-0.2, 0) is 11.2 Å². The quantitative estimate of drug-likeness (QED) is 0.477. The Kier molecular flexibility index (Phi) is 2.02. The maximum absolute atomic E-state index is 11.4. The van der Waals surface area contributed by atoms with Gasteiger partial charge in [0.05, 0.1) is 5.69 Å². The second kappa shape index (κ2) is 3.18. The molecule has 1 aromatic rings. The Balaban J connectivity index is 2.46. The number of carbonyl (C=O) groups excluding carboxylic acids is 1. The van der Waals surface area contributed by atoms with Gasteiger partial charge < -0.3 is 0 Å². The SMILES string of the molecule is NN1C(=O)CCCc2ccccc21. The summed E-state index contributed by atoms with van der Waals surface area (Å²) in [4.78, 5) is 11.4. The maximum atomic E-state index is 11.4. The number of amides is 1. The first-order valence-electron chi connectivity index (χ1n) is 4.44. The molecule has 1 amide bonds. The number of hydrogen-bond donors (Lipinski definition) is 1. The second-order valence-electron chi connectivity index (χ2n) is 3.25. The van der Waals surface area contributed by atoms with Crippen molar-refractivity contribution < 1.29 is 4.79 Å². The van der Waals surface area contributed by atoms with Crippen LogP contribution in [0, 0.1) is 0 Å². The van der Waals surface area contributed by atoms with Gasteiger partial charge in [0.1, 0.15) is 0 Å². The lowest BCUT2D eigenvalue weighted by molar-refractivity contribution is -0.118. The minimum absolute atomic E-state index is 0.00458. The zero-order valence-corrected chi connectivity index (χ0v) is 7.36. The molecule has 2 N–H and O–H groups in total. The molecule has 0 fully saturated rings. The molecule has 0 saturated heterocycles. The number of fused-ring (bicyclic) bond motifs is 1. The first-order valence-corrected chi connectivity index (χ1v) is 4.44. The lowest BCUT2D eigenvalue weighted by atomic mass is 10.1. The van der Waals surface area contributed by atoms with Crippen molar-refractivity contribution in [2.75, 3.05) is 5.01 Å². The highest BCUT2D eigenvalue weighted by Crippen LogP contribution is 2.23. The molecule has 3 heteroatoms. The zero-order chi connectivity index (χ0) is 9.26. The number of anilines is 1. The molecule has 0 radical (unpaired) electrons. The third-order valence-corrected chi connectivity index (χ3v) is 2.36. The van der Waals surface area contributed by atoms with E-state index in [1.165, 1.54) is 5.01 Å². The van der Waals surface area contributed by atoms with E-state index in [0.717, 1.165) is 24.1 Å². The third kappa shape index (κ3) is 1.42. The molecule has 0 atom stereocenters. The van der Waals surface area contributed by atoms with Gasteiger partial charge in [-0.3, -0.25) is 4.79 Å². The van der Waals surface area contributed by atoms with E-state index in [2.05, 4.69) is 0 Å². The summed E-state index contributed by atoms with van der Waals surface area (Å²) in [5.41, 5.74) is 2.01. The summed E-state index contributed by atoms with van der Waals surface area (Å²) in [6, 6.07) is 7.78. The summed E-state index contributed by atoms with van der Waals surface area (Å²) in [5.74, 6) is 5.68.